The van der Waals surface area contributed by atoms with Gasteiger partial charge in [0.25, 0.3) is 5.91 Å². The molecule has 2 rings (SSSR count). The standard InChI is InChI=1S/C18H21FN2O3S/c1-11(2)21(10-16(22)24-4)18(23)17-12(3)20-15(25-17)9-13-5-7-14(19)8-6-13/h5-8,11H,9-10H2,1-4H3. The first-order valence-electron chi connectivity index (χ1n) is 7.90. The van der Waals surface area contributed by atoms with Gasteiger partial charge < -0.3 is 9.64 Å². The summed E-state index contributed by atoms with van der Waals surface area (Å²) in [5.41, 5.74) is 1.55. The van der Waals surface area contributed by atoms with Crippen molar-refractivity contribution < 1.29 is 18.7 Å². The average molecular weight is 364 g/mol. The number of ether oxygens (including phenoxy) is 1. The Bertz CT molecular complexity index is 756. The molecular formula is C18H21FN2O3S. The molecule has 5 nitrogen and oxygen atoms in total. The summed E-state index contributed by atoms with van der Waals surface area (Å²) in [5, 5.41) is 0.772. The van der Waals surface area contributed by atoms with Gasteiger partial charge >= 0.3 is 5.97 Å². The molecule has 1 aromatic carbocycles. The zero-order chi connectivity index (χ0) is 18.6. The molecule has 0 aliphatic heterocycles. The molecule has 0 aliphatic rings. The van der Waals surface area contributed by atoms with E-state index in [0.29, 0.717) is 17.0 Å². The summed E-state index contributed by atoms with van der Waals surface area (Å²) in [7, 11) is 1.30. The Labute approximate surface area is 150 Å². The van der Waals surface area contributed by atoms with Crippen LogP contribution in [0.4, 0.5) is 4.39 Å². The quantitative estimate of drug-likeness (QED) is 0.739. The maximum atomic E-state index is 13.0. The maximum absolute atomic E-state index is 13.0. The zero-order valence-corrected chi connectivity index (χ0v) is 15.5. The van der Waals surface area contributed by atoms with Gasteiger partial charge in [-0.15, -0.1) is 11.3 Å². The van der Waals surface area contributed by atoms with E-state index in [0.717, 1.165) is 10.6 Å². The minimum atomic E-state index is -0.462. The molecule has 0 atom stereocenters. The Morgan fingerprint density at radius 3 is 2.48 bits per heavy atom. The highest BCUT2D eigenvalue weighted by Gasteiger charge is 2.25. The summed E-state index contributed by atoms with van der Waals surface area (Å²) >= 11 is 1.30. The summed E-state index contributed by atoms with van der Waals surface area (Å²) in [6, 6.07) is 6.06. The van der Waals surface area contributed by atoms with Crippen LogP contribution >= 0.6 is 11.3 Å². The number of halogens is 1. The molecule has 0 saturated heterocycles. The fourth-order valence-electron chi connectivity index (χ4n) is 2.33. The maximum Gasteiger partial charge on any atom is 0.325 e. The van der Waals surface area contributed by atoms with Crippen molar-refractivity contribution in [2.24, 2.45) is 0 Å². The van der Waals surface area contributed by atoms with Crippen molar-refractivity contribution in [1.29, 1.82) is 0 Å². The number of aryl methyl sites for hydroxylation is 1. The molecule has 134 valence electrons. The number of benzene rings is 1. The van der Waals surface area contributed by atoms with Gasteiger partial charge in [0, 0.05) is 12.5 Å². The van der Waals surface area contributed by atoms with Gasteiger partial charge in [-0.1, -0.05) is 12.1 Å². The number of esters is 1. The van der Waals surface area contributed by atoms with Crippen molar-refractivity contribution in [1.82, 2.24) is 9.88 Å². The van der Waals surface area contributed by atoms with Gasteiger partial charge in [0.1, 0.15) is 17.2 Å². The van der Waals surface area contributed by atoms with E-state index >= 15 is 0 Å². The van der Waals surface area contributed by atoms with Crippen LogP contribution in [-0.2, 0) is 16.0 Å². The topological polar surface area (TPSA) is 59.5 Å². The molecule has 25 heavy (non-hydrogen) atoms. The molecule has 0 bridgehead atoms. The Balaban J connectivity index is 2.20. The van der Waals surface area contributed by atoms with E-state index in [1.807, 2.05) is 13.8 Å². The third kappa shape index (κ3) is 4.85. The largest absolute Gasteiger partial charge is 0.468 e. The summed E-state index contributed by atoms with van der Waals surface area (Å²) < 4.78 is 17.7. The van der Waals surface area contributed by atoms with Crippen LogP contribution in [0.1, 0.15) is 39.8 Å². The first-order chi connectivity index (χ1) is 11.8. The zero-order valence-electron chi connectivity index (χ0n) is 14.7. The predicted octanol–water partition coefficient (Wildman–Crippen LogP) is 3.21. The molecular weight excluding hydrogens is 343 g/mol. The molecule has 1 amide bonds. The first kappa shape index (κ1) is 19.1. The van der Waals surface area contributed by atoms with E-state index in [9.17, 15) is 14.0 Å². The van der Waals surface area contributed by atoms with Crippen LogP contribution in [0.25, 0.3) is 0 Å². The predicted molar refractivity (Wildman–Crippen MR) is 94.2 cm³/mol. The minimum absolute atomic E-state index is 0.0996. The molecule has 0 spiro atoms. The highest BCUT2D eigenvalue weighted by atomic mass is 32.1. The number of amides is 1. The lowest BCUT2D eigenvalue weighted by Crippen LogP contribution is -2.41. The van der Waals surface area contributed by atoms with Gasteiger partial charge in [0.2, 0.25) is 0 Å². The molecule has 0 N–H and O–H groups in total. The second-order valence-electron chi connectivity index (χ2n) is 5.93. The molecule has 2 aromatic rings. The Kier molecular flexibility index (Phi) is 6.25. The molecule has 1 aromatic heterocycles. The fraction of sp³-hybridized carbons (Fsp3) is 0.389. The van der Waals surface area contributed by atoms with Gasteiger partial charge in [-0.3, -0.25) is 9.59 Å². The summed E-state index contributed by atoms with van der Waals surface area (Å²) in [5.74, 6) is -0.984. The molecule has 0 aliphatic carbocycles. The van der Waals surface area contributed by atoms with Crippen LogP contribution in [0, 0.1) is 12.7 Å². The van der Waals surface area contributed by atoms with E-state index in [1.165, 1.54) is 35.5 Å². The highest BCUT2D eigenvalue weighted by molar-refractivity contribution is 7.13. The van der Waals surface area contributed by atoms with Crippen LogP contribution in [0.3, 0.4) is 0 Å². The van der Waals surface area contributed by atoms with Crippen LogP contribution in [-0.4, -0.2) is 41.5 Å². The van der Waals surface area contributed by atoms with Crippen molar-refractivity contribution in [3.63, 3.8) is 0 Å². The Morgan fingerprint density at radius 1 is 1.28 bits per heavy atom. The van der Waals surface area contributed by atoms with Crippen molar-refractivity contribution in [3.8, 4) is 0 Å². The smallest absolute Gasteiger partial charge is 0.325 e. The number of thiazole rings is 1. The lowest BCUT2D eigenvalue weighted by atomic mass is 10.1. The minimum Gasteiger partial charge on any atom is -0.468 e. The van der Waals surface area contributed by atoms with Gasteiger partial charge in [-0.25, -0.2) is 9.37 Å². The highest BCUT2D eigenvalue weighted by Crippen LogP contribution is 2.23. The van der Waals surface area contributed by atoms with Crippen molar-refractivity contribution in [2.75, 3.05) is 13.7 Å². The van der Waals surface area contributed by atoms with Crippen molar-refractivity contribution in [3.05, 3.63) is 51.2 Å². The molecule has 0 unspecified atom stereocenters. The fourth-order valence-corrected chi connectivity index (χ4v) is 3.38. The van der Waals surface area contributed by atoms with Gasteiger partial charge in [0.05, 0.1) is 17.8 Å². The third-order valence-electron chi connectivity index (χ3n) is 3.72. The normalized spacial score (nSPS) is 10.8. The van der Waals surface area contributed by atoms with E-state index in [-0.39, 0.29) is 24.3 Å². The van der Waals surface area contributed by atoms with Crippen molar-refractivity contribution >= 4 is 23.2 Å². The number of methoxy groups -OCH3 is 1. The van der Waals surface area contributed by atoms with Crippen molar-refractivity contribution in [2.45, 2.75) is 33.2 Å². The number of nitrogens with zero attached hydrogens (tertiary/aromatic N) is 2. The molecule has 1 heterocycles. The number of aromatic nitrogens is 1. The van der Waals surface area contributed by atoms with Gasteiger partial charge in [-0.2, -0.15) is 0 Å². The Morgan fingerprint density at radius 2 is 1.92 bits per heavy atom. The number of rotatable bonds is 6. The number of hydrogen-bond acceptors (Lipinski definition) is 5. The molecule has 7 heteroatoms. The molecule has 0 saturated carbocycles. The SMILES string of the molecule is COC(=O)CN(C(=O)c1sc(Cc2ccc(F)cc2)nc1C)C(C)C. The number of carbonyl (C=O) groups excluding carboxylic acids is 2. The van der Waals surface area contributed by atoms with E-state index in [1.54, 1.807) is 19.1 Å². The van der Waals surface area contributed by atoms with Crippen LogP contribution in [0.15, 0.2) is 24.3 Å². The van der Waals surface area contributed by atoms with E-state index in [4.69, 9.17) is 0 Å². The van der Waals surface area contributed by atoms with Crippen LogP contribution in [0.5, 0.6) is 0 Å². The second kappa shape index (κ2) is 8.20. The van der Waals surface area contributed by atoms with E-state index < -0.39 is 5.97 Å². The van der Waals surface area contributed by atoms with Crippen LogP contribution < -0.4 is 0 Å². The average Bonchev–Trinajstić information content (AvgIpc) is 2.94. The van der Waals surface area contributed by atoms with Gasteiger partial charge in [-0.05, 0) is 38.5 Å². The molecule has 0 fully saturated rings. The second-order valence-corrected chi connectivity index (χ2v) is 7.01. The third-order valence-corrected chi connectivity index (χ3v) is 4.86. The summed E-state index contributed by atoms with van der Waals surface area (Å²) in [4.78, 5) is 30.8. The Hall–Kier alpha value is -2.28. The van der Waals surface area contributed by atoms with E-state index in [2.05, 4.69) is 9.72 Å². The number of carbonyl (C=O) groups is 2. The molecule has 0 radical (unpaired) electrons. The summed E-state index contributed by atoms with van der Waals surface area (Å²) in [6.07, 6.45) is 0.526. The lowest BCUT2D eigenvalue weighted by Gasteiger charge is -2.25. The van der Waals surface area contributed by atoms with Crippen LogP contribution in [0.2, 0.25) is 0 Å². The first-order valence-corrected chi connectivity index (χ1v) is 8.72. The lowest BCUT2D eigenvalue weighted by molar-refractivity contribution is -0.141. The summed E-state index contributed by atoms with van der Waals surface area (Å²) in [6.45, 7) is 5.36. The number of hydrogen-bond donors (Lipinski definition) is 0. The van der Waals surface area contributed by atoms with Gasteiger partial charge in [0.15, 0.2) is 0 Å². The monoisotopic (exact) mass is 364 g/mol.